The third-order valence-corrected chi connectivity index (χ3v) is 9.17. The summed E-state index contributed by atoms with van der Waals surface area (Å²) in [5, 5.41) is 0.774. The molecular formula is C26H27N3O3S2. The number of thioether (sulfide) groups is 1. The first-order chi connectivity index (χ1) is 16.2. The molecule has 1 unspecified atom stereocenters. The number of benzene rings is 2. The third-order valence-electron chi connectivity index (χ3n) is 6.48. The number of aryl methyl sites for hydroxylation is 2. The molecule has 0 spiro atoms. The molecule has 1 aliphatic heterocycles. The van der Waals surface area contributed by atoms with Crippen molar-refractivity contribution in [1.82, 2.24) is 14.1 Å². The van der Waals surface area contributed by atoms with E-state index in [4.69, 9.17) is 4.98 Å². The van der Waals surface area contributed by atoms with Crippen molar-refractivity contribution in [3.63, 3.8) is 0 Å². The van der Waals surface area contributed by atoms with Gasteiger partial charge in [0.15, 0.2) is 20.8 Å². The molecule has 176 valence electrons. The topological polar surface area (TPSA) is 74.0 Å². The number of nitrogens with zero attached hydrogens (tertiary/aromatic N) is 3. The molecule has 4 aromatic rings. The number of carbonyl (C=O) groups is 1. The Morgan fingerprint density at radius 3 is 2.62 bits per heavy atom. The maximum atomic E-state index is 13.3. The van der Waals surface area contributed by atoms with E-state index in [0.29, 0.717) is 12.0 Å². The summed E-state index contributed by atoms with van der Waals surface area (Å²) in [6, 6.07) is 18.0. The highest BCUT2D eigenvalue weighted by Gasteiger charge is 2.31. The molecule has 34 heavy (non-hydrogen) atoms. The highest BCUT2D eigenvalue weighted by atomic mass is 32.2. The lowest BCUT2D eigenvalue weighted by Crippen LogP contribution is -2.14. The lowest BCUT2D eigenvalue weighted by molar-refractivity contribution is 0.102. The molecule has 0 radical (unpaired) electrons. The van der Waals surface area contributed by atoms with Crippen LogP contribution in [-0.2, 0) is 9.84 Å². The number of ketones is 1. The van der Waals surface area contributed by atoms with Gasteiger partial charge in [0.1, 0.15) is 0 Å². The second-order valence-electron chi connectivity index (χ2n) is 8.98. The van der Waals surface area contributed by atoms with Gasteiger partial charge in [-0.2, -0.15) is 0 Å². The minimum atomic E-state index is -3.00. The van der Waals surface area contributed by atoms with Crippen molar-refractivity contribution >= 4 is 38.4 Å². The molecule has 5 rings (SSSR count). The number of carbonyl (C=O) groups excluding carboxylic acids is 1. The molecule has 1 atom stereocenters. The molecule has 0 N–H and O–H groups in total. The normalized spacial score (nSPS) is 17.4. The van der Waals surface area contributed by atoms with Gasteiger partial charge in [-0.05, 0) is 63.1 Å². The first-order valence-corrected chi connectivity index (χ1v) is 14.1. The van der Waals surface area contributed by atoms with Gasteiger partial charge in [-0.25, -0.2) is 13.4 Å². The number of fused-ring (bicyclic) bond motifs is 1. The van der Waals surface area contributed by atoms with Crippen LogP contribution in [0.1, 0.15) is 39.8 Å². The molecule has 0 aliphatic carbocycles. The molecular weight excluding hydrogens is 466 g/mol. The van der Waals surface area contributed by atoms with Gasteiger partial charge in [0, 0.05) is 28.7 Å². The molecule has 1 aliphatic rings. The zero-order valence-electron chi connectivity index (χ0n) is 19.5. The lowest BCUT2D eigenvalue weighted by atomic mass is 10.2. The molecule has 1 fully saturated rings. The van der Waals surface area contributed by atoms with Gasteiger partial charge in [-0.1, -0.05) is 36.0 Å². The van der Waals surface area contributed by atoms with Crippen LogP contribution < -0.4 is 0 Å². The summed E-state index contributed by atoms with van der Waals surface area (Å²) >= 11 is 1.43. The van der Waals surface area contributed by atoms with Crippen LogP contribution in [0.4, 0.5) is 0 Å². The predicted molar refractivity (Wildman–Crippen MR) is 137 cm³/mol. The summed E-state index contributed by atoms with van der Waals surface area (Å²) in [6.07, 6.45) is 0.599. The Balaban J connectivity index is 1.43. The molecule has 2 aromatic carbocycles. The number of imidazole rings is 1. The first kappa shape index (κ1) is 22.9. The number of hydrogen-bond donors (Lipinski definition) is 0. The number of sulfone groups is 1. The number of Topliss-reactive ketones (excluding diaryl/α,β-unsaturated/α-hetero) is 1. The summed E-state index contributed by atoms with van der Waals surface area (Å²) in [5.74, 6) is 0.630. The fourth-order valence-corrected chi connectivity index (χ4v) is 7.54. The van der Waals surface area contributed by atoms with Gasteiger partial charge < -0.3 is 4.57 Å². The molecule has 0 amide bonds. The van der Waals surface area contributed by atoms with Crippen LogP contribution in [-0.4, -0.2) is 45.6 Å². The third kappa shape index (κ3) is 4.20. The van der Waals surface area contributed by atoms with Crippen LogP contribution in [0.3, 0.4) is 0 Å². The summed E-state index contributed by atoms with van der Waals surface area (Å²) < 4.78 is 28.1. The molecule has 2 aromatic heterocycles. The molecule has 1 saturated heterocycles. The first-order valence-electron chi connectivity index (χ1n) is 11.3. The highest BCUT2D eigenvalue weighted by molar-refractivity contribution is 7.99. The van der Waals surface area contributed by atoms with E-state index in [1.165, 1.54) is 11.8 Å². The number of aromatic nitrogens is 3. The molecule has 3 heterocycles. The van der Waals surface area contributed by atoms with E-state index < -0.39 is 9.84 Å². The predicted octanol–water partition coefficient (Wildman–Crippen LogP) is 5.09. The second kappa shape index (κ2) is 8.74. The Bertz CT molecular complexity index is 1520. The van der Waals surface area contributed by atoms with Gasteiger partial charge in [0.25, 0.3) is 0 Å². The minimum absolute atomic E-state index is 0.0213. The Morgan fingerprint density at radius 1 is 1.09 bits per heavy atom. The Kier molecular flexibility index (Phi) is 5.90. The second-order valence-corrected chi connectivity index (χ2v) is 12.2. The number of para-hydroxylation sites is 2. The van der Waals surface area contributed by atoms with E-state index in [1.54, 1.807) is 0 Å². The van der Waals surface area contributed by atoms with Gasteiger partial charge in [-0.15, -0.1) is 0 Å². The lowest BCUT2D eigenvalue weighted by Gasteiger charge is -2.16. The maximum Gasteiger partial charge on any atom is 0.175 e. The van der Waals surface area contributed by atoms with Gasteiger partial charge >= 0.3 is 0 Å². The van der Waals surface area contributed by atoms with Crippen molar-refractivity contribution in [2.45, 2.75) is 38.4 Å². The number of hydrogen-bond acceptors (Lipinski definition) is 5. The fourth-order valence-electron chi connectivity index (χ4n) is 4.93. The summed E-state index contributed by atoms with van der Waals surface area (Å²) in [6.45, 7) is 5.92. The Hall–Kier alpha value is -2.84. The van der Waals surface area contributed by atoms with E-state index in [0.717, 1.165) is 38.8 Å². The van der Waals surface area contributed by atoms with E-state index in [1.807, 2.05) is 54.8 Å². The maximum absolute atomic E-state index is 13.3. The average molecular weight is 494 g/mol. The van der Waals surface area contributed by atoms with Gasteiger partial charge in [0.05, 0.1) is 28.3 Å². The smallest absolute Gasteiger partial charge is 0.175 e. The number of rotatable bonds is 6. The summed E-state index contributed by atoms with van der Waals surface area (Å²) in [5.41, 5.74) is 6.50. The zero-order valence-corrected chi connectivity index (χ0v) is 21.1. The van der Waals surface area contributed by atoms with E-state index in [-0.39, 0.29) is 29.1 Å². The van der Waals surface area contributed by atoms with Crippen LogP contribution in [0.15, 0.2) is 59.8 Å². The van der Waals surface area contributed by atoms with Crippen LogP contribution in [0, 0.1) is 20.8 Å². The van der Waals surface area contributed by atoms with Crippen molar-refractivity contribution in [2.24, 2.45) is 0 Å². The minimum Gasteiger partial charge on any atom is -0.344 e. The van der Waals surface area contributed by atoms with Crippen molar-refractivity contribution in [3.8, 4) is 5.69 Å². The van der Waals surface area contributed by atoms with Crippen molar-refractivity contribution < 1.29 is 13.2 Å². The van der Waals surface area contributed by atoms with Crippen LogP contribution >= 0.6 is 11.8 Å². The zero-order chi connectivity index (χ0) is 24.0. The summed E-state index contributed by atoms with van der Waals surface area (Å²) in [4.78, 5) is 18.1. The monoisotopic (exact) mass is 493 g/mol. The highest BCUT2D eigenvalue weighted by Crippen LogP contribution is 2.32. The standard InChI is InChI=1S/C26H27N3O3S2/c1-17-7-6-8-20(13-17)29-24-10-5-4-9-23(24)27-26(29)33-15-25(30)22-14-18(2)28(19(22)3)21-11-12-34(31,32)16-21/h4-10,13-14,21H,11-12,15-16H2,1-3H3. The molecule has 6 nitrogen and oxygen atoms in total. The summed E-state index contributed by atoms with van der Waals surface area (Å²) in [7, 11) is -3.00. The van der Waals surface area contributed by atoms with Crippen LogP contribution in [0.2, 0.25) is 0 Å². The van der Waals surface area contributed by atoms with Crippen molar-refractivity contribution in [2.75, 3.05) is 17.3 Å². The molecule has 8 heteroatoms. The van der Waals surface area contributed by atoms with E-state index >= 15 is 0 Å². The average Bonchev–Trinajstić information content (AvgIpc) is 3.44. The van der Waals surface area contributed by atoms with Crippen molar-refractivity contribution in [1.29, 1.82) is 0 Å². The quantitative estimate of drug-likeness (QED) is 0.276. The van der Waals surface area contributed by atoms with E-state index in [9.17, 15) is 13.2 Å². The van der Waals surface area contributed by atoms with Crippen molar-refractivity contribution in [3.05, 3.63) is 77.1 Å². The van der Waals surface area contributed by atoms with E-state index in [2.05, 4.69) is 29.7 Å². The Labute approximate surface area is 203 Å². The van der Waals surface area contributed by atoms with Gasteiger partial charge in [-0.3, -0.25) is 9.36 Å². The Morgan fingerprint density at radius 2 is 1.88 bits per heavy atom. The fraction of sp³-hybridized carbons (Fsp3) is 0.308. The van der Waals surface area contributed by atoms with Crippen LogP contribution in [0.25, 0.3) is 16.7 Å². The van der Waals surface area contributed by atoms with Gasteiger partial charge in [0.2, 0.25) is 0 Å². The molecule has 0 saturated carbocycles. The van der Waals surface area contributed by atoms with Crippen LogP contribution in [0.5, 0.6) is 0 Å². The molecule has 0 bridgehead atoms. The SMILES string of the molecule is Cc1cccc(-n2c(SCC(=O)c3cc(C)n(C4CCS(=O)(=O)C4)c3C)nc3ccccc32)c1. The largest absolute Gasteiger partial charge is 0.344 e.